The van der Waals surface area contributed by atoms with Crippen LogP contribution in [0.5, 0.6) is 5.75 Å². The third-order valence-electron chi connectivity index (χ3n) is 5.68. The van der Waals surface area contributed by atoms with Gasteiger partial charge in [0, 0.05) is 6.04 Å². The molecule has 164 valence electrons. The van der Waals surface area contributed by atoms with E-state index in [9.17, 15) is 9.59 Å². The number of imide groups is 1. The van der Waals surface area contributed by atoms with Gasteiger partial charge in [0.05, 0.1) is 29.1 Å². The maximum atomic E-state index is 13.5. The van der Waals surface area contributed by atoms with Gasteiger partial charge in [-0.2, -0.15) is 0 Å². The summed E-state index contributed by atoms with van der Waals surface area (Å²) in [7, 11) is 0. The number of hydrogen-bond donors (Lipinski definition) is 0. The van der Waals surface area contributed by atoms with E-state index < -0.39 is 0 Å². The van der Waals surface area contributed by atoms with E-state index in [1.54, 1.807) is 6.26 Å². The van der Waals surface area contributed by atoms with Crippen LogP contribution in [-0.2, 0) is 15.3 Å². The zero-order valence-corrected chi connectivity index (χ0v) is 19.0. The van der Waals surface area contributed by atoms with Crippen LogP contribution in [0, 0.1) is 5.92 Å². The standard InChI is InChI=1S/C25H29NO4S/c1-17(2)15-30-20-12-10-18(11-13-20)22-23(31-16-21-9-6-14-29-21)25(28)26(24(22)27)19-7-4-3-5-8-19/h6,9-14,17,19H,3-5,7-8,15-16H2,1-2H3. The topological polar surface area (TPSA) is 59.8 Å². The molecule has 6 heteroatoms. The summed E-state index contributed by atoms with van der Waals surface area (Å²) in [6, 6.07) is 11.2. The number of thioether (sulfide) groups is 1. The first-order chi connectivity index (χ1) is 15.0. The predicted octanol–water partition coefficient (Wildman–Crippen LogP) is 5.66. The summed E-state index contributed by atoms with van der Waals surface area (Å²) in [5, 5.41) is 0. The largest absolute Gasteiger partial charge is 0.493 e. The Morgan fingerprint density at radius 1 is 1.06 bits per heavy atom. The van der Waals surface area contributed by atoms with Crippen LogP contribution < -0.4 is 4.74 Å². The maximum absolute atomic E-state index is 13.5. The minimum absolute atomic E-state index is 0.000823. The van der Waals surface area contributed by atoms with Crippen LogP contribution in [-0.4, -0.2) is 29.4 Å². The highest BCUT2D eigenvalue weighted by Gasteiger charge is 2.43. The first kappa shape index (κ1) is 21.8. The van der Waals surface area contributed by atoms with Gasteiger partial charge in [0.15, 0.2) is 0 Å². The number of rotatable bonds is 8. The Morgan fingerprint density at radius 3 is 2.45 bits per heavy atom. The molecule has 1 aromatic heterocycles. The molecule has 5 nitrogen and oxygen atoms in total. The fourth-order valence-electron chi connectivity index (χ4n) is 4.10. The highest BCUT2D eigenvalue weighted by atomic mass is 32.2. The Bertz CT molecular complexity index is 940. The van der Waals surface area contributed by atoms with Gasteiger partial charge in [-0.15, -0.1) is 11.8 Å². The molecule has 4 rings (SSSR count). The monoisotopic (exact) mass is 439 g/mol. The maximum Gasteiger partial charge on any atom is 0.268 e. The van der Waals surface area contributed by atoms with E-state index in [-0.39, 0.29) is 17.9 Å². The van der Waals surface area contributed by atoms with Crippen LogP contribution >= 0.6 is 11.8 Å². The fourth-order valence-corrected chi connectivity index (χ4v) is 5.13. The zero-order valence-electron chi connectivity index (χ0n) is 18.1. The van der Waals surface area contributed by atoms with Gasteiger partial charge in [0.1, 0.15) is 11.5 Å². The van der Waals surface area contributed by atoms with Crippen molar-refractivity contribution in [2.24, 2.45) is 5.92 Å². The van der Waals surface area contributed by atoms with E-state index in [4.69, 9.17) is 9.15 Å². The molecule has 0 atom stereocenters. The molecule has 1 fully saturated rings. The number of benzene rings is 1. The summed E-state index contributed by atoms with van der Waals surface area (Å²) >= 11 is 1.39. The summed E-state index contributed by atoms with van der Waals surface area (Å²) in [5.74, 6) is 2.16. The van der Waals surface area contributed by atoms with Crippen LogP contribution in [0.2, 0.25) is 0 Å². The number of carbonyl (C=O) groups excluding carboxylic acids is 2. The van der Waals surface area contributed by atoms with Crippen molar-refractivity contribution in [2.45, 2.75) is 57.7 Å². The van der Waals surface area contributed by atoms with Crippen molar-refractivity contribution in [1.82, 2.24) is 4.90 Å². The minimum atomic E-state index is -0.172. The molecule has 0 saturated heterocycles. The van der Waals surface area contributed by atoms with Crippen molar-refractivity contribution in [3.8, 4) is 5.75 Å². The van der Waals surface area contributed by atoms with E-state index in [0.717, 1.165) is 42.8 Å². The Hall–Kier alpha value is -2.47. The lowest BCUT2D eigenvalue weighted by Crippen LogP contribution is -2.42. The average molecular weight is 440 g/mol. The van der Waals surface area contributed by atoms with Crippen molar-refractivity contribution in [3.63, 3.8) is 0 Å². The number of ether oxygens (including phenoxy) is 1. The molecule has 0 N–H and O–H groups in total. The lowest BCUT2D eigenvalue weighted by Gasteiger charge is -2.29. The lowest BCUT2D eigenvalue weighted by molar-refractivity contribution is -0.139. The van der Waals surface area contributed by atoms with E-state index in [1.807, 2.05) is 36.4 Å². The van der Waals surface area contributed by atoms with Crippen LogP contribution in [0.25, 0.3) is 5.57 Å². The highest BCUT2D eigenvalue weighted by molar-refractivity contribution is 8.03. The molecule has 2 amide bonds. The van der Waals surface area contributed by atoms with Crippen molar-refractivity contribution < 1.29 is 18.7 Å². The van der Waals surface area contributed by atoms with Crippen LogP contribution in [0.3, 0.4) is 0 Å². The summed E-state index contributed by atoms with van der Waals surface area (Å²) in [4.78, 5) is 28.9. The smallest absolute Gasteiger partial charge is 0.268 e. The first-order valence-electron chi connectivity index (χ1n) is 11.0. The van der Waals surface area contributed by atoms with Gasteiger partial charge in [-0.3, -0.25) is 14.5 Å². The fraction of sp³-hybridized carbons (Fsp3) is 0.440. The Balaban J connectivity index is 1.61. The van der Waals surface area contributed by atoms with Gasteiger partial charge in [0.25, 0.3) is 11.8 Å². The molecule has 1 aliphatic carbocycles. The third-order valence-corrected chi connectivity index (χ3v) is 6.77. The van der Waals surface area contributed by atoms with Gasteiger partial charge in [-0.05, 0) is 48.6 Å². The molecule has 0 unspecified atom stereocenters. The molecule has 31 heavy (non-hydrogen) atoms. The normalized spacial score (nSPS) is 17.8. The molecule has 2 heterocycles. The third kappa shape index (κ3) is 4.90. The van der Waals surface area contributed by atoms with Crippen molar-refractivity contribution in [2.75, 3.05) is 6.61 Å². The molecular weight excluding hydrogens is 410 g/mol. The predicted molar refractivity (Wildman–Crippen MR) is 122 cm³/mol. The number of hydrogen-bond acceptors (Lipinski definition) is 5. The average Bonchev–Trinajstić information content (AvgIpc) is 3.38. The second kappa shape index (κ2) is 9.77. The number of carbonyl (C=O) groups is 2. The molecule has 1 aromatic carbocycles. The number of amides is 2. The second-order valence-corrected chi connectivity index (χ2v) is 9.56. The summed E-state index contributed by atoms with van der Waals surface area (Å²) < 4.78 is 11.2. The molecule has 1 aliphatic heterocycles. The molecule has 1 saturated carbocycles. The molecule has 0 bridgehead atoms. The second-order valence-electron chi connectivity index (χ2n) is 8.57. The minimum Gasteiger partial charge on any atom is -0.493 e. The quantitative estimate of drug-likeness (QED) is 0.497. The summed E-state index contributed by atoms with van der Waals surface area (Å²) in [6.45, 7) is 4.84. The Labute approximate surface area is 187 Å². The molecule has 0 spiro atoms. The zero-order chi connectivity index (χ0) is 21.8. The van der Waals surface area contributed by atoms with Gasteiger partial charge < -0.3 is 9.15 Å². The number of furan rings is 1. The van der Waals surface area contributed by atoms with Gasteiger partial charge in [-0.25, -0.2) is 0 Å². The van der Waals surface area contributed by atoms with Gasteiger partial charge in [-0.1, -0.05) is 45.2 Å². The molecule has 0 radical (unpaired) electrons. The van der Waals surface area contributed by atoms with Crippen molar-refractivity contribution in [1.29, 1.82) is 0 Å². The summed E-state index contributed by atoms with van der Waals surface area (Å²) in [5.41, 5.74) is 1.26. The van der Waals surface area contributed by atoms with Crippen molar-refractivity contribution >= 4 is 29.1 Å². The first-order valence-corrected chi connectivity index (χ1v) is 12.0. The summed E-state index contributed by atoms with van der Waals surface area (Å²) in [6.07, 6.45) is 6.70. The van der Waals surface area contributed by atoms with Crippen molar-refractivity contribution in [3.05, 3.63) is 58.9 Å². The van der Waals surface area contributed by atoms with E-state index in [2.05, 4.69) is 13.8 Å². The Morgan fingerprint density at radius 2 is 1.81 bits per heavy atom. The van der Waals surface area contributed by atoms with E-state index >= 15 is 0 Å². The molecular formula is C25H29NO4S. The van der Waals surface area contributed by atoms with E-state index in [1.165, 1.54) is 23.1 Å². The molecule has 2 aromatic rings. The highest BCUT2D eigenvalue weighted by Crippen LogP contribution is 2.40. The van der Waals surface area contributed by atoms with Gasteiger partial charge in [0.2, 0.25) is 0 Å². The molecule has 2 aliphatic rings. The Kier molecular flexibility index (Phi) is 6.86. The van der Waals surface area contributed by atoms with Crippen LogP contribution in [0.15, 0.2) is 52.0 Å². The van der Waals surface area contributed by atoms with Crippen LogP contribution in [0.1, 0.15) is 57.3 Å². The van der Waals surface area contributed by atoms with E-state index in [0.29, 0.717) is 28.8 Å². The van der Waals surface area contributed by atoms with Crippen LogP contribution in [0.4, 0.5) is 0 Å². The number of nitrogens with zero attached hydrogens (tertiary/aromatic N) is 1. The van der Waals surface area contributed by atoms with Gasteiger partial charge >= 0.3 is 0 Å². The lowest BCUT2D eigenvalue weighted by atomic mass is 9.94. The SMILES string of the molecule is CC(C)COc1ccc(C2=C(SCc3ccco3)C(=O)N(C3CCCCC3)C2=O)cc1.